The van der Waals surface area contributed by atoms with Crippen LogP contribution in [-0.4, -0.2) is 23.0 Å². The van der Waals surface area contributed by atoms with E-state index in [0.29, 0.717) is 5.69 Å². The number of phenols is 1. The van der Waals surface area contributed by atoms with Crippen LogP contribution in [0.3, 0.4) is 0 Å². The van der Waals surface area contributed by atoms with Gasteiger partial charge in [0.25, 0.3) is 5.91 Å². The smallest absolute Gasteiger partial charge is 0.322 e. The average molecular weight is 403 g/mol. The highest BCUT2D eigenvalue weighted by Gasteiger charge is 2.48. The van der Waals surface area contributed by atoms with Crippen LogP contribution in [0.5, 0.6) is 5.75 Å². The highest BCUT2D eigenvalue weighted by atomic mass is 16.3. The van der Waals surface area contributed by atoms with E-state index in [1.54, 1.807) is 12.1 Å². The van der Waals surface area contributed by atoms with Gasteiger partial charge < -0.3 is 15.7 Å². The van der Waals surface area contributed by atoms with E-state index in [4.69, 9.17) is 5.11 Å². The number of hydrogen-bond donors (Lipinski definition) is 4. The molecule has 1 saturated heterocycles. The van der Waals surface area contributed by atoms with Crippen LogP contribution in [0.15, 0.2) is 84.9 Å². The van der Waals surface area contributed by atoms with Gasteiger partial charge >= 0.3 is 6.03 Å². The summed E-state index contributed by atoms with van der Waals surface area (Å²) in [5.41, 5.74) is 1.03. The minimum absolute atomic E-state index is 0.115. The summed E-state index contributed by atoms with van der Waals surface area (Å²) in [5, 5.41) is 16.5. The molecule has 1 fully saturated rings. The number of anilines is 1. The van der Waals surface area contributed by atoms with Crippen LogP contribution in [0.4, 0.5) is 10.5 Å². The quantitative estimate of drug-likeness (QED) is 0.398. The second-order valence-electron chi connectivity index (χ2n) is 6.62. The van der Waals surface area contributed by atoms with Crippen molar-refractivity contribution in [3.05, 3.63) is 96.1 Å². The van der Waals surface area contributed by atoms with Gasteiger partial charge in [0, 0.05) is 12.6 Å². The van der Waals surface area contributed by atoms with Crippen LogP contribution < -0.4 is 16.0 Å². The van der Waals surface area contributed by atoms with E-state index in [9.17, 15) is 14.4 Å². The molecule has 4 N–H and O–H groups in total. The van der Waals surface area contributed by atoms with Gasteiger partial charge in [-0.05, 0) is 35.4 Å². The van der Waals surface area contributed by atoms with E-state index < -0.39 is 11.6 Å². The molecule has 1 aliphatic rings. The van der Waals surface area contributed by atoms with E-state index >= 15 is 0 Å². The third-order valence-corrected chi connectivity index (χ3v) is 4.47. The molecule has 7 nitrogen and oxygen atoms in total. The highest BCUT2D eigenvalue weighted by Crippen LogP contribution is 2.32. The molecule has 7 heteroatoms. The van der Waals surface area contributed by atoms with Crippen LogP contribution in [0.2, 0.25) is 0 Å². The molecular weight excluding hydrogens is 382 g/mol. The minimum atomic E-state index is -1.14. The second kappa shape index (κ2) is 8.91. The Bertz CT molecular complexity index is 996. The van der Waals surface area contributed by atoms with Crippen molar-refractivity contribution >= 4 is 23.5 Å². The summed E-state index contributed by atoms with van der Waals surface area (Å²) in [6.45, 7) is 1.44. The molecule has 0 saturated carbocycles. The van der Waals surface area contributed by atoms with Gasteiger partial charge in [-0.15, -0.1) is 0 Å². The molecule has 30 heavy (non-hydrogen) atoms. The number of carbonyl (C=O) groups is 3. The zero-order valence-electron chi connectivity index (χ0n) is 16.3. The number of carbonyl (C=O) groups excluding carboxylic acids is 3. The number of nitrogens with one attached hydrogen (secondary N) is 3. The maximum Gasteiger partial charge on any atom is 0.322 e. The monoisotopic (exact) mass is 403 g/mol. The first-order chi connectivity index (χ1) is 14.4. The van der Waals surface area contributed by atoms with Crippen molar-refractivity contribution in [3.8, 4) is 5.75 Å². The predicted molar refractivity (Wildman–Crippen MR) is 113 cm³/mol. The second-order valence-corrected chi connectivity index (χ2v) is 6.62. The first-order valence-electron chi connectivity index (χ1n) is 9.23. The van der Waals surface area contributed by atoms with Gasteiger partial charge in [0.15, 0.2) is 5.54 Å². The molecule has 0 unspecified atom stereocenters. The molecule has 0 spiro atoms. The first kappa shape index (κ1) is 20.6. The lowest BCUT2D eigenvalue weighted by Gasteiger charge is -2.27. The van der Waals surface area contributed by atoms with Gasteiger partial charge in [-0.25, -0.2) is 4.79 Å². The number of imide groups is 1. The number of urea groups is 1. The Balaban J connectivity index is 0.000000199. The zero-order valence-corrected chi connectivity index (χ0v) is 16.3. The predicted octanol–water partition coefficient (Wildman–Crippen LogP) is 3.12. The summed E-state index contributed by atoms with van der Waals surface area (Å²) in [4.78, 5) is 34.4. The fourth-order valence-electron chi connectivity index (χ4n) is 3.15. The highest BCUT2D eigenvalue weighted by molar-refractivity contribution is 6.09. The normalized spacial score (nSPS) is 14.0. The zero-order chi connectivity index (χ0) is 21.6. The van der Waals surface area contributed by atoms with Crippen molar-refractivity contribution < 1.29 is 19.5 Å². The van der Waals surface area contributed by atoms with E-state index in [1.807, 2.05) is 60.7 Å². The number of hydrogen-bond acceptors (Lipinski definition) is 4. The Morgan fingerprint density at radius 1 is 0.833 bits per heavy atom. The van der Waals surface area contributed by atoms with Gasteiger partial charge in [0.05, 0.1) is 0 Å². The number of aromatic hydroxyl groups is 1. The minimum Gasteiger partial charge on any atom is -0.508 e. The van der Waals surface area contributed by atoms with Crippen molar-refractivity contribution in [3.63, 3.8) is 0 Å². The Kier molecular flexibility index (Phi) is 6.12. The fraction of sp³-hybridized carbons (Fsp3) is 0.0870. The van der Waals surface area contributed by atoms with E-state index in [0.717, 1.165) is 11.1 Å². The van der Waals surface area contributed by atoms with Crippen LogP contribution >= 0.6 is 0 Å². The molecule has 4 rings (SSSR count). The Labute approximate surface area is 173 Å². The molecule has 3 aromatic rings. The summed E-state index contributed by atoms with van der Waals surface area (Å²) in [5.74, 6) is -0.273. The van der Waals surface area contributed by atoms with Crippen molar-refractivity contribution in [1.82, 2.24) is 10.6 Å². The van der Waals surface area contributed by atoms with Gasteiger partial charge in [0.2, 0.25) is 5.91 Å². The average Bonchev–Trinajstić information content (AvgIpc) is 3.06. The topological polar surface area (TPSA) is 108 Å². The molecule has 1 heterocycles. The SMILES string of the molecule is CC(=O)Nc1ccc(O)cc1.O=C1NC(=O)C(c2ccccc2)(c2ccccc2)N1. The molecule has 152 valence electrons. The number of rotatable bonds is 3. The number of phenolic OH excluding ortho intramolecular Hbond substituents is 1. The molecule has 0 radical (unpaired) electrons. The largest absolute Gasteiger partial charge is 0.508 e. The molecule has 4 amide bonds. The first-order valence-corrected chi connectivity index (χ1v) is 9.23. The number of benzene rings is 3. The van der Waals surface area contributed by atoms with Crippen molar-refractivity contribution in [1.29, 1.82) is 0 Å². The molecule has 0 aromatic heterocycles. The fourth-order valence-corrected chi connectivity index (χ4v) is 3.15. The summed E-state index contributed by atoms with van der Waals surface area (Å²) in [7, 11) is 0. The Morgan fingerprint density at radius 2 is 1.33 bits per heavy atom. The molecular formula is C23H21N3O4. The molecule has 1 aliphatic heterocycles. The van der Waals surface area contributed by atoms with Crippen LogP contribution in [0, 0.1) is 0 Å². The standard InChI is InChI=1S/C15H12N2O2.C8H9NO2/c18-13-15(17-14(19)16-13,11-7-3-1-4-8-11)12-9-5-2-6-10-12;1-6(10)9-7-2-4-8(11)5-3-7/h1-10H,(H2,16,17,18,19);2-5,11H,1H3,(H,9,10). The van der Waals surface area contributed by atoms with Crippen molar-refractivity contribution in [2.75, 3.05) is 5.32 Å². The molecule has 0 atom stereocenters. The van der Waals surface area contributed by atoms with Crippen LogP contribution in [0.25, 0.3) is 0 Å². The van der Waals surface area contributed by atoms with Crippen molar-refractivity contribution in [2.24, 2.45) is 0 Å². The summed E-state index contributed by atoms with van der Waals surface area (Å²) in [6.07, 6.45) is 0. The summed E-state index contributed by atoms with van der Waals surface area (Å²) in [6, 6.07) is 24.3. The maximum absolute atomic E-state index is 12.3. The third kappa shape index (κ3) is 4.47. The third-order valence-electron chi connectivity index (χ3n) is 4.47. The van der Waals surface area contributed by atoms with Crippen molar-refractivity contribution in [2.45, 2.75) is 12.5 Å². The van der Waals surface area contributed by atoms with Gasteiger partial charge in [-0.2, -0.15) is 0 Å². The van der Waals surface area contributed by atoms with Gasteiger partial charge in [-0.1, -0.05) is 60.7 Å². The molecule has 0 bridgehead atoms. The molecule has 0 aliphatic carbocycles. The lowest BCUT2D eigenvalue weighted by molar-refractivity contribution is -0.123. The number of amides is 4. The van der Waals surface area contributed by atoms with E-state index in [1.165, 1.54) is 19.1 Å². The van der Waals surface area contributed by atoms with E-state index in [-0.39, 0.29) is 17.6 Å². The van der Waals surface area contributed by atoms with Crippen LogP contribution in [-0.2, 0) is 15.1 Å². The summed E-state index contributed by atoms with van der Waals surface area (Å²) < 4.78 is 0. The summed E-state index contributed by atoms with van der Waals surface area (Å²) >= 11 is 0. The Hall–Kier alpha value is -4.13. The van der Waals surface area contributed by atoms with Crippen LogP contribution in [0.1, 0.15) is 18.1 Å². The molecule has 3 aromatic carbocycles. The lowest BCUT2D eigenvalue weighted by Crippen LogP contribution is -2.44. The maximum atomic E-state index is 12.3. The Morgan fingerprint density at radius 3 is 1.73 bits per heavy atom. The lowest BCUT2D eigenvalue weighted by atomic mass is 9.83. The van der Waals surface area contributed by atoms with Gasteiger partial charge in [0.1, 0.15) is 5.75 Å². The van der Waals surface area contributed by atoms with Gasteiger partial charge in [-0.3, -0.25) is 14.9 Å². The van der Waals surface area contributed by atoms with E-state index in [2.05, 4.69) is 16.0 Å².